The van der Waals surface area contributed by atoms with Crippen LogP contribution < -0.4 is 0 Å². The lowest BCUT2D eigenvalue weighted by Gasteiger charge is -2.38. The van der Waals surface area contributed by atoms with Gasteiger partial charge in [-0.15, -0.1) is 0 Å². The summed E-state index contributed by atoms with van der Waals surface area (Å²) in [5.74, 6) is 1.47. The third kappa shape index (κ3) is 1.57. The number of oxime groups is 1. The molecule has 2 aliphatic heterocycles. The normalized spacial score (nSPS) is 43.8. The molecule has 0 radical (unpaired) electrons. The van der Waals surface area contributed by atoms with Crippen LogP contribution in [0, 0.1) is 11.8 Å². The highest BCUT2D eigenvalue weighted by molar-refractivity contribution is 5.85. The lowest BCUT2D eigenvalue weighted by atomic mass is 9.86. The summed E-state index contributed by atoms with van der Waals surface area (Å²) in [6.45, 7) is 3.49. The van der Waals surface area contributed by atoms with E-state index < -0.39 is 0 Å². The maximum atomic E-state index is 8.82. The van der Waals surface area contributed by atoms with Crippen molar-refractivity contribution < 1.29 is 5.21 Å². The Bertz CT molecular complexity index is 215. The van der Waals surface area contributed by atoms with Crippen molar-refractivity contribution in [2.75, 3.05) is 13.6 Å². The van der Waals surface area contributed by atoms with Crippen molar-refractivity contribution in [3.8, 4) is 0 Å². The molecule has 1 N–H and O–H groups in total. The molecule has 2 heterocycles. The van der Waals surface area contributed by atoms with Crippen molar-refractivity contribution in [3.63, 3.8) is 0 Å². The number of fused-ring (bicyclic) bond motifs is 4. The van der Waals surface area contributed by atoms with E-state index in [9.17, 15) is 0 Å². The molecule has 2 saturated heterocycles. The molecule has 0 unspecified atom stereocenters. The summed E-state index contributed by atoms with van der Waals surface area (Å²) in [4.78, 5) is 2.43. The summed E-state index contributed by atoms with van der Waals surface area (Å²) in [5, 5.41) is 12.2. The van der Waals surface area contributed by atoms with E-state index in [2.05, 4.69) is 24.0 Å². The van der Waals surface area contributed by atoms with E-state index in [1.54, 1.807) is 0 Å². The molecule has 3 fully saturated rings. The smallest absolute Gasteiger partial charge is 0.0589 e. The Morgan fingerprint density at radius 2 is 2.23 bits per heavy atom. The van der Waals surface area contributed by atoms with Crippen LogP contribution in [-0.2, 0) is 0 Å². The van der Waals surface area contributed by atoms with Gasteiger partial charge in [0.1, 0.15) is 0 Å². The third-order valence-electron chi connectivity index (χ3n) is 3.58. The topological polar surface area (TPSA) is 35.8 Å². The van der Waals surface area contributed by atoms with Gasteiger partial charge < -0.3 is 10.1 Å². The van der Waals surface area contributed by atoms with Crippen molar-refractivity contribution in [1.82, 2.24) is 4.90 Å². The predicted octanol–water partition coefficient (Wildman–Crippen LogP) is 1.57. The van der Waals surface area contributed by atoms with Crippen molar-refractivity contribution in [3.05, 3.63) is 0 Å². The summed E-state index contributed by atoms with van der Waals surface area (Å²) in [6.07, 6.45) is 3.26. The van der Waals surface area contributed by atoms with Crippen LogP contribution in [0.2, 0.25) is 0 Å². The van der Waals surface area contributed by atoms with Gasteiger partial charge in [-0.1, -0.05) is 12.1 Å². The van der Waals surface area contributed by atoms with Gasteiger partial charge in [0.25, 0.3) is 0 Å². The molecule has 1 saturated carbocycles. The summed E-state index contributed by atoms with van der Waals surface area (Å²) in [7, 11) is 2.19. The van der Waals surface area contributed by atoms with E-state index in [1.165, 1.54) is 13.0 Å². The first-order valence-corrected chi connectivity index (χ1v) is 5.10. The zero-order valence-corrected chi connectivity index (χ0v) is 8.40. The summed E-state index contributed by atoms with van der Waals surface area (Å²) >= 11 is 0. The minimum Gasteiger partial charge on any atom is -0.411 e. The minimum absolute atomic E-state index is 0.602. The number of hydrogen-bond acceptors (Lipinski definition) is 3. The van der Waals surface area contributed by atoms with E-state index in [-0.39, 0.29) is 0 Å². The highest BCUT2D eigenvalue weighted by Gasteiger charge is 2.36. The zero-order valence-electron chi connectivity index (χ0n) is 8.40. The zero-order chi connectivity index (χ0) is 9.42. The first kappa shape index (κ1) is 9.00. The Morgan fingerprint density at radius 3 is 2.85 bits per heavy atom. The monoisotopic (exact) mass is 182 g/mol. The molecule has 3 nitrogen and oxygen atoms in total. The Kier molecular flexibility index (Phi) is 2.28. The fourth-order valence-corrected chi connectivity index (χ4v) is 2.98. The molecule has 0 spiro atoms. The molecule has 3 atom stereocenters. The van der Waals surface area contributed by atoms with Crippen molar-refractivity contribution in [2.24, 2.45) is 17.0 Å². The fourth-order valence-electron chi connectivity index (χ4n) is 2.98. The first-order valence-electron chi connectivity index (χ1n) is 5.10. The van der Waals surface area contributed by atoms with Crippen LogP contribution in [0.5, 0.6) is 0 Å². The van der Waals surface area contributed by atoms with Gasteiger partial charge >= 0.3 is 0 Å². The van der Waals surface area contributed by atoms with Crippen molar-refractivity contribution in [2.45, 2.75) is 32.2 Å². The standard InChI is InChI=1S/C10H18N2O/c1-7-3-8-4-9(11-13)5-10(7)12(2)6-8/h7-8,10,13H,3-6H2,1-2H3/b11-9-/t7-,8-,10-/m1/s1. The maximum Gasteiger partial charge on any atom is 0.0589 e. The molecule has 0 amide bonds. The molecule has 0 aromatic heterocycles. The van der Waals surface area contributed by atoms with Crippen LogP contribution in [0.4, 0.5) is 0 Å². The lowest BCUT2D eigenvalue weighted by Crippen LogP contribution is -2.43. The molecule has 3 heteroatoms. The number of rotatable bonds is 0. The molecule has 3 aliphatic rings. The second kappa shape index (κ2) is 3.29. The second-order valence-corrected chi connectivity index (χ2v) is 4.66. The van der Waals surface area contributed by atoms with E-state index in [0.717, 1.165) is 24.5 Å². The molecule has 1 aliphatic carbocycles. The summed E-state index contributed by atoms with van der Waals surface area (Å²) in [6, 6.07) is 0.602. The van der Waals surface area contributed by atoms with Crippen LogP contribution >= 0.6 is 0 Å². The lowest BCUT2D eigenvalue weighted by molar-refractivity contribution is 0.106. The Hall–Kier alpha value is -0.570. The van der Waals surface area contributed by atoms with Crippen LogP contribution in [0.25, 0.3) is 0 Å². The molecule has 13 heavy (non-hydrogen) atoms. The quantitative estimate of drug-likeness (QED) is 0.456. The maximum absolute atomic E-state index is 8.82. The van der Waals surface area contributed by atoms with Gasteiger partial charge in [-0.05, 0) is 31.7 Å². The van der Waals surface area contributed by atoms with Gasteiger partial charge in [0.05, 0.1) is 5.71 Å². The average molecular weight is 182 g/mol. The molecule has 74 valence electrons. The highest BCUT2D eigenvalue weighted by atomic mass is 16.4. The minimum atomic E-state index is 0.602. The van der Waals surface area contributed by atoms with Crippen LogP contribution in [0.3, 0.4) is 0 Å². The van der Waals surface area contributed by atoms with Crippen LogP contribution in [0.15, 0.2) is 5.16 Å². The summed E-state index contributed by atoms with van der Waals surface area (Å²) in [5.41, 5.74) is 1.00. The van der Waals surface area contributed by atoms with E-state index in [4.69, 9.17) is 5.21 Å². The predicted molar refractivity (Wildman–Crippen MR) is 52.1 cm³/mol. The Labute approximate surface area is 79.4 Å². The van der Waals surface area contributed by atoms with E-state index in [0.29, 0.717) is 12.0 Å². The second-order valence-electron chi connectivity index (χ2n) is 4.66. The first-order chi connectivity index (χ1) is 6.20. The fraction of sp³-hybridized carbons (Fsp3) is 0.900. The largest absolute Gasteiger partial charge is 0.411 e. The highest BCUT2D eigenvalue weighted by Crippen LogP contribution is 2.34. The van der Waals surface area contributed by atoms with Gasteiger partial charge in [-0.25, -0.2) is 0 Å². The van der Waals surface area contributed by atoms with Gasteiger partial charge in [-0.2, -0.15) is 0 Å². The summed E-state index contributed by atoms with van der Waals surface area (Å²) < 4.78 is 0. The molecular weight excluding hydrogens is 164 g/mol. The molecule has 2 bridgehead atoms. The van der Waals surface area contributed by atoms with Crippen molar-refractivity contribution in [1.29, 1.82) is 0 Å². The molecule has 0 aromatic carbocycles. The average Bonchev–Trinajstić information content (AvgIpc) is 2.32. The van der Waals surface area contributed by atoms with Gasteiger partial charge in [0.2, 0.25) is 0 Å². The molecule has 3 rings (SSSR count). The van der Waals surface area contributed by atoms with Crippen LogP contribution in [-0.4, -0.2) is 35.5 Å². The number of nitrogens with zero attached hydrogens (tertiary/aromatic N) is 2. The van der Waals surface area contributed by atoms with Crippen LogP contribution in [0.1, 0.15) is 26.2 Å². The third-order valence-corrected chi connectivity index (χ3v) is 3.58. The molecule has 0 aromatic rings. The van der Waals surface area contributed by atoms with Gasteiger partial charge in [0.15, 0.2) is 0 Å². The number of hydrogen-bond donors (Lipinski definition) is 1. The SMILES string of the molecule is C[C@@H]1C[C@@H]2C/C(=N/O)C[C@H]1N(C)C2. The van der Waals surface area contributed by atoms with E-state index in [1.807, 2.05) is 0 Å². The number of piperidine rings is 1. The van der Waals surface area contributed by atoms with E-state index >= 15 is 0 Å². The van der Waals surface area contributed by atoms with Gasteiger partial charge in [0, 0.05) is 19.0 Å². The molecular formula is C10H18N2O. The Morgan fingerprint density at radius 1 is 1.46 bits per heavy atom. The van der Waals surface area contributed by atoms with Crippen molar-refractivity contribution >= 4 is 5.71 Å². The van der Waals surface area contributed by atoms with Gasteiger partial charge in [-0.3, -0.25) is 0 Å². The Balaban J connectivity index is 2.21.